The molecule has 37 heteroatoms. The fourth-order valence-electron chi connectivity index (χ4n) is 5.93. The maximum Gasteiger partial charge on any atom is 0.490 e. The summed E-state index contributed by atoms with van der Waals surface area (Å²) in [6.45, 7) is -2.20. The second-order valence-electron chi connectivity index (χ2n) is 11.9. The molecule has 0 aromatic carbocycles. The Kier molecular flexibility index (Phi) is 10.7. The fourth-order valence-corrected chi connectivity index (χ4v) is 12.3. The van der Waals surface area contributed by atoms with E-state index in [9.17, 15) is 67.7 Å². The van der Waals surface area contributed by atoms with Gasteiger partial charge in [-0.05, 0) is 0 Å². The van der Waals surface area contributed by atoms with Crippen molar-refractivity contribution in [3.63, 3.8) is 0 Å². The van der Waals surface area contributed by atoms with E-state index in [1.165, 1.54) is 10.9 Å². The summed E-state index contributed by atoms with van der Waals surface area (Å²) in [6, 6.07) is 0. The number of epoxide rings is 1. The van der Waals surface area contributed by atoms with Crippen LogP contribution in [0.3, 0.4) is 0 Å². The Bertz CT molecular complexity index is 2340. The molecule has 13 N–H and O–H groups in total. The zero-order chi connectivity index (χ0) is 41.7. The highest BCUT2D eigenvalue weighted by atomic mass is 31.3. The van der Waals surface area contributed by atoms with E-state index in [2.05, 4.69) is 60.6 Å². The Labute approximate surface area is 313 Å². The van der Waals surface area contributed by atoms with Gasteiger partial charge in [0, 0.05) is 0 Å². The number of hydrogen-bond donors (Lipinski definition) is 11. The smallest absolute Gasteiger partial charge is 0.387 e. The molecule has 0 radical (unpaired) electrons. The van der Waals surface area contributed by atoms with Crippen LogP contribution in [-0.2, 0) is 58.2 Å². The van der Waals surface area contributed by atoms with Crippen molar-refractivity contribution in [2.45, 2.75) is 48.8 Å². The predicted octanol–water partition coefficient (Wildman–Crippen LogP) is -2.45. The van der Waals surface area contributed by atoms with Crippen molar-refractivity contribution < 1.29 is 103 Å². The molecule has 5 unspecified atom stereocenters. The number of nitrogen functional groups attached to an aromatic ring is 2. The van der Waals surface area contributed by atoms with Gasteiger partial charge >= 0.3 is 51.1 Å². The number of nitrogens with zero attached hydrogens (tertiary/aromatic N) is 8. The van der Waals surface area contributed by atoms with Crippen molar-refractivity contribution in [3.05, 3.63) is 25.3 Å². The molecule has 13 atom stereocenters. The molecule has 0 bridgehead atoms. The summed E-state index contributed by atoms with van der Waals surface area (Å²) >= 11 is 0. The van der Waals surface area contributed by atoms with Gasteiger partial charge in [0.25, 0.3) is 0 Å². The number of aliphatic hydroxyl groups excluding tert-OH is 3. The van der Waals surface area contributed by atoms with Crippen LogP contribution in [0.4, 0.5) is 11.6 Å². The first-order valence-electron chi connectivity index (χ1n) is 15.1. The van der Waals surface area contributed by atoms with Gasteiger partial charge < -0.3 is 65.5 Å². The highest BCUT2D eigenvalue weighted by Gasteiger charge is 2.93. The third kappa shape index (κ3) is 8.09. The molecule has 3 aliphatic heterocycles. The summed E-state index contributed by atoms with van der Waals surface area (Å²) in [5, 5.41) is 42.1. The number of imidazole rings is 2. The van der Waals surface area contributed by atoms with Gasteiger partial charge in [0.05, 0.1) is 12.9 Å². The first-order chi connectivity index (χ1) is 26.4. The van der Waals surface area contributed by atoms with E-state index >= 15 is 0 Å². The first-order valence-corrected chi connectivity index (χ1v) is 22.6. The van der Waals surface area contributed by atoms with Crippen molar-refractivity contribution in [1.82, 2.24) is 39.0 Å². The molecule has 4 aromatic rings. The lowest BCUT2D eigenvalue weighted by molar-refractivity contribution is -0.321. The molecule has 7 rings (SSSR count). The van der Waals surface area contributed by atoms with Crippen LogP contribution in [0.1, 0.15) is 12.5 Å². The third-order valence-electron chi connectivity index (χ3n) is 8.28. The van der Waals surface area contributed by atoms with E-state index in [0.29, 0.717) is 0 Å². The Morgan fingerprint density at radius 1 is 0.684 bits per heavy atom. The minimum absolute atomic E-state index is 0.00378. The van der Waals surface area contributed by atoms with Crippen molar-refractivity contribution in [1.29, 1.82) is 0 Å². The summed E-state index contributed by atoms with van der Waals surface area (Å²) < 4.78 is 96.0. The van der Waals surface area contributed by atoms with Gasteiger partial charge in [-0.3, -0.25) is 13.6 Å². The van der Waals surface area contributed by atoms with Crippen LogP contribution in [0.25, 0.3) is 22.3 Å². The second kappa shape index (κ2) is 14.4. The van der Waals surface area contributed by atoms with E-state index in [0.717, 1.165) is 23.5 Å². The summed E-state index contributed by atoms with van der Waals surface area (Å²) in [7, 11) is -30.7. The maximum absolute atomic E-state index is 12.4. The van der Waals surface area contributed by atoms with E-state index < -0.39 is 101 Å². The van der Waals surface area contributed by atoms with Gasteiger partial charge in [-0.15, -0.1) is 0 Å². The number of rotatable bonds is 16. The quantitative estimate of drug-likeness (QED) is 0.0316. The lowest BCUT2D eigenvalue weighted by Gasteiger charge is -2.29. The van der Waals surface area contributed by atoms with Crippen LogP contribution < -0.4 is 11.5 Å². The molecule has 314 valence electrons. The van der Waals surface area contributed by atoms with Gasteiger partial charge in [0.1, 0.15) is 54.9 Å². The van der Waals surface area contributed by atoms with Crippen LogP contribution in [0, 0.1) is 0 Å². The van der Waals surface area contributed by atoms with Crippen LogP contribution in [0.15, 0.2) is 25.3 Å². The Morgan fingerprint density at radius 2 is 1.14 bits per heavy atom. The fraction of sp³-hybridized carbons (Fsp3) is 0.500. The lowest BCUT2D eigenvalue weighted by atomic mass is 10.0. The number of nitrogens with two attached hydrogens (primary N) is 2. The van der Waals surface area contributed by atoms with Crippen LogP contribution in [0.2, 0.25) is 0 Å². The molecule has 0 saturated carbocycles. The minimum atomic E-state index is -6.43. The summed E-state index contributed by atoms with van der Waals surface area (Å²) in [5.41, 5.74) is 11.9. The zero-order valence-corrected chi connectivity index (χ0v) is 32.0. The van der Waals surface area contributed by atoms with Crippen molar-refractivity contribution >= 4 is 73.1 Å². The highest BCUT2D eigenvalue weighted by Crippen LogP contribution is 2.74. The van der Waals surface area contributed by atoms with Gasteiger partial charge in [-0.1, -0.05) is 0 Å². The molecule has 32 nitrogen and oxygen atoms in total. The normalized spacial score (nSPS) is 32.8. The van der Waals surface area contributed by atoms with Gasteiger partial charge in [-0.2, -0.15) is 17.2 Å². The average molecular weight is 915 g/mol. The van der Waals surface area contributed by atoms with E-state index in [4.69, 9.17) is 16.2 Å². The number of ether oxygens (including phenoxy) is 1. The number of anilines is 2. The van der Waals surface area contributed by atoms with Crippen LogP contribution in [0.5, 0.6) is 0 Å². The minimum Gasteiger partial charge on any atom is -0.387 e. The molecule has 3 aliphatic rings. The summed E-state index contributed by atoms with van der Waals surface area (Å²) in [4.78, 5) is 72.8. The highest BCUT2D eigenvalue weighted by molar-refractivity contribution is 7.71. The summed E-state index contributed by atoms with van der Waals surface area (Å²) in [5.74, 6) is -2.05. The predicted molar refractivity (Wildman–Crippen MR) is 176 cm³/mol. The Morgan fingerprint density at radius 3 is 1.67 bits per heavy atom. The van der Waals surface area contributed by atoms with Gasteiger partial charge in [-0.25, -0.2) is 57.3 Å². The average Bonchev–Trinajstić information content (AvgIpc) is 3.50. The Hall–Kier alpha value is -2.83. The van der Waals surface area contributed by atoms with Crippen LogP contribution >= 0.6 is 39.1 Å². The third-order valence-corrected chi connectivity index (χ3v) is 15.8. The second-order valence-corrected chi connectivity index (χ2v) is 19.7. The molecular weight excluding hydrogens is 887 g/mol. The molecular formula is C20H28N10O22P5+. The number of phosphoric ester groups is 2. The number of hydrogen-bond acceptors (Lipinski definition) is 24. The Balaban J connectivity index is 0.904. The molecule has 7 heterocycles. The molecule has 3 saturated heterocycles. The number of aliphatic hydroxyl groups is 4. The topological polar surface area (TPSA) is 474 Å². The number of fused-ring (bicyclic) bond motifs is 3. The van der Waals surface area contributed by atoms with E-state index in [1.807, 2.05) is 0 Å². The van der Waals surface area contributed by atoms with Crippen molar-refractivity contribution in [2.75, 3.05) is 24.7 Å². The molecule has 0 amide bonds. The largest absolute Gasteiger partial charge is 0.490 e. The number of phosphoric acid groups is 5. The first kappa shape index (κ1) is 42.3. The summed E-state index contributed by atoms with van der Waals surface area (Å²) in [6.07, 6.45) is -6.39. The van der Waals surface area contributed by atoms with E-state index in [-0.39, 0.29) is 34.0 Å². The van der Waals surface area contributed by atoms with E-state index in [1.54, 1.807) is 0 Å². The standard InChI is InChI=1S/C20H27N10O22P5/c21-14-9-16(25-3-23-14)29(5-27-9)18-12(32)11(31)7(47-18)1-45-53(35,36)48-55(39,40)50-57(43,44)51-56(41,42)49-54(37,38)46-2-8-13(33)20(34)19(52(8)20)30-6-28-10-15(22)24-4-26-17(10)30/h3-8,11-13,18-19,31-34H,1-2H2,(H8-,21,22,23,24,25,26,35,36,37,38,39,40,41,42,43,44)/p+1/t7-,8-,11-,12-,13-,18-,19-,20+/m1/s1. The van der Waals surface area contributed by atoms with Gasteiger partial charge in [0.2, 0.25) is 12.2 Å². The van der Waals surface area contributed by atoms with Gasteiger partial charge in [0.15, 0.2) is 29.2 Å². The monoisotopic (exact) mass is 915 g/mol. The lowest BCUT2D eigenvalue weighted by Crippen LogP contribution is -2.55. The number of aromatic nitrogens is 8. The molecule has 3 fully saturated rings. The molecule has 0 spiro atoms. The van der Waals surface area contributed by atoms with Crippen LogP contribution in [-0.4, -0.2) is 133 Å². The molecule has 4 aromatic heterocycles. The zero-order valence-electron chi connectivity index (χ0n) is 27.6. The maximum atomic E-state index is 12.4. The SMILES string of the molecule is Nc1ncnc2c1ncn2[C@@H]1O[C@H](COP(=O)(O)OP(=O)(O)OP(=O)(O)OP(=O)(O)OP(=O)(O)OC[C@@H]2[C@@H](O)[C@@]3(O)[C@H](n4cnc5c(N)ncnc54)[O+]23)[C@@H](O)[C@H]1O. The van der Waals surface area contributed by atoms with Crippen molar-refractivity contribution in [3.8, 4) is 0 Å². The molecule has 57 heavy (non-hydrogen) atoms. The molecule has 0 aliphatic carbocycles. The van der Waals surface area contributed by atoms with Crippen molar-refractivity contribution in [2.24, 2.45) is 0 Å².